The topological polar surface area (TPSA) is 0 Å². The third-order valence-corrected chi connectivity index (χ3v) is 18.0. The van der Waals surface area contributed by atoms with E-state index < -0.39 is 8.07 Å². The average molecular weight is 693 g/mol. The van der Waals surface area contributed by atoms with E-state index in [2.05, 4.69) is 197 Å². The third-order valence-electron chi connectivity index (χ3n) is 12.2. The van der Waals surface area contributed by atoms with Crippen molar-refractivity contribution in [3.8, 4) is 33.4 Å². The maximum Gasteiger partial charge on any atom is 0.179 e. The normalized spacial score (nSPS) is 14.8. The van der Waals surface area contributed by atoms with E-state index in [0.717, 1.165) is 0 Å². The predicted octanol–water partition coefficient (Wildman–Crippen LogP) is 11.9. The van der Waals surface area contributed by atoms with Gasteiger partial charge < -0.3 is 0 Å². The van der Waals surface area contributed by atoms with Crippen LogP contribution in [0, 0.1) is 47.5 Å². The Morgan fingerprint density at radius 3 is 0.904 bits per heavy atom. The highest BCUT2D eigenvalue weighted by atomic mass is 28.3. The molecule has 1 aliphatic carbocycles. The zero-order valence-corrected chi connectivity index (χ0v) is 33.7. The Morgan fingerprint density at radius 1 is 0.346 bits per heavy atom. The van der Waals surface area contributed by atoms with Gasteiger partial charge in [0.05, 0.1) is 0 Å². The number of aryl methyl sites for hydroxylation is 6. The van der Waals surface area contributed by atoms with Crippen LogP contribution in [0.25, 0.3) is 33.4 Å². The van der Waals surface area contributed by atoms with Gasteiger partial charge in [0.25, 0.3) is 0 Å². The van der Waals surface area contributed by atoms with Gasteiger partial charge >= 0.3 is 0 Å². The molecule has 1 aliphatic rings. The molecule has 0 nitrogen and oxygen atoms in total. The highest BCUT2D eigenvalue weighted by molar-refractivity contribution is 7.18. The van der Waals surface area contributed by atoms with Crippen molar-refractivity contribution in [2.75, 3.05) is 0 Å². The van der Waals surface area contributed by atoms with Crippen LogP contribution < -0.4 is 15.6 Å². The molecule has 0 spiro atoms. The first-order valence-corrected chi connectivity index (χ1v) is 20.9. The molecule has 1 unspecified atom stereocenters. The van der Waals surface area contributed by atoms with Crippen molar-refractivity contribution >= 4 is 23.6 Å². The molecule has 260 valence electrons. The molecule has 1 atom stereocenters. The molecule has 0 radical (unpaired) electrons. The number of rotatable bonds is 7. The highest BCUT2D eigenvalue weighted by Gasteiger charge is 2.53. The fourth-order valence-electron chi connectivity index (χ4n) is 9.56. The maximum atomic E-state index is 2.50. The quantitative estimate of drug-likeness (QED) is 0.115. The fourth-order valence-corrected chi connectivity index (χ4v) is 16.9. The summed E-state index contributed by atoms with van der Waals surface area (Å²) in [7, 11) is -3.27. The zero-order valence-electron chi connectivity index (χ0n) is 32.7. The van der Waals surface area contributed by atoms with Crippen LogP contribution in [-0.4, -0.2) is 8.07 Å². The van der Waals surface area contributed by atoms with Crippen molar-refractivity contribution in [1.29, 1.82) is 0 Å². The van der Waals surface area contributed by atoms with Gasteiger partial charge in [-0.3, -0.25) is 0 Å². The van der Waals surface area contributed by atoms with Crippen molar-refractivity contribution < 1.29 is 0 Å². The number of benzene rings is 6. The summed E-state index contributed by atoms with van der Waals surface area (Å²) in [6.45, 7) is 23.9. The van der Waals surface area contributed by atoms with E-state index in [4.69, 9.17) is 0 Å². The fraction of sp³-hybridized carbons (Fsp3) is 0.216. The molecule has 1 heteroatoms. The summed E-state index contributed by atoms with van der Waals surface area (Å²) >= 11 is 0. The Bertz CT molecular complexity index is 2140. The molecule has 0 fully saturated rings. The second-order valence-corrected chi connectivity index (χ2v) is 18.8. The second kappa shape index (κ2) is 13.9. The summed E-state index contributed by atoms with van der Waals surface area (Å²) in [5.74, 6) is 0.280. The molecule has 0 saturated heterocycles. The first-order valence-electron chi connectivity index (χ1n) is 18.9. The van der Waals surface area contributed by atoms with Crippen molar-refractivity contribution in [3.63, 3.8) is 0 Å². The van der Waals surface area contributed by atoms with E-state index in [9.17, 15) is 0 Å². The average Bonchev–Trinajstić information content (AvgIpc) is 3.35. The summed E-state index contributed by atoms with van der Waals surface area (Å²) in [6.07, 6.45) is 0. The Kier molecular flexibility index (Phi) is 9.44. The standard InChI is InChI=1S/C51H52Si/c1-32-26-29-35(4)48(45(32)42-20-14-11-15-21-42)52(51-40(9)38(7)39(8)41(51)10,49-36(5)30-27-33(2)46(49)43-22-16-12-17-23-43)50-37(6)31-28-34(3)47(50)44-24-18-13-19-25-44/h11-31,40H,1-10H3. The van der Waals surface area contributed by atoms with Gasteiger partial charge in [-0.15, -0.1) is 0 Å². The van der Waals surface area contributed by atoms with Gasteiger partial charge in [0.15, 0.2) is 8.07 Å². The number of hydrogen-bond donors (Lipinski definition) is 0. The van der Waals surface area contributed by atoms with E-state index in [-0.39, 0.29) is 5.92 Å². The first kappa shape index (κ1) is 35.4. The molecule has 6 aromatic carbocycles. The van der Waals surface area contributed by atoms with Crippen molar-refractivity contribution in [2.24, 2.45) is 5.92 Å². The number of hydrogen-bond acceptors (Lipinski definition) is 0. The van der Waals surface area contributed by atoms with E-state index in [1.807, 2.05) is 0 Å². The van der Waals surface area contributed by atoms with E-state index in [1.165, 1.54) is 99.0 Å². The van der Waals surface area contributed by atoms with E-state index in [1.54, 1.807) is 5.20 Å². The summed E-state index contributed by atoms with van der Waals surface area (Å²) in [5, 5.41) is 6.21. The van der Waals surface area contributed by atoms with Gasteiger partial charge in [-0.1, -0.05) is 167 Å². The van der Waals surface area contributed by atoms with Gasteiger partial charge in [0, 0.05) is 0 Å². The molecule has 6 aromatic rings. The van der Waals surface area contributed by atoms with Gasteiger partial charge in [-0.25, -0.2) is 0 Å². The Balaban J connectivity index is 1.88. The van der Waals surface area contributed by atoms with Crippen LogP contribution in [-0.2, 0) is 0 Å². The third kappa shape index (κ3) is 5.49. The SMILES string of the molecule is CC1=C(C)C(C)C([Si](c2c(C)ccc(C)c2-c2ccccc2)(c2c(C)ccc(C)c2-c2ccccc2)c2c(C)ccc(C)c2-c2ccccc2)=C1C. The minimum atomic E-state index is -3.27. The van der Waals surface area contributed by atoms with Crippen LogP contribution >= 0.6 is 0 Å². The molecule has 0 aliphatic heterocycles. The summed E-state index contributed by atoms with van der Waals surface area (Å²) in [6, 6.07) is 48.1. The Labute approximate surface area is 313 Å². The first-order chi connectivity index (χ1) is 25.0. The lowest BCUT2D eigenvalue weighted by atomic mass is 9.97. The summed E-state index contributed by atoms with van der Waals surface area (Å²) < 4.78 is 0. The molecule has 0 saturated carbocycles. The Hall–Kier alpha value is -4.98. The van der Waals surface area contributed by atoms with Crippen molar-refractivity contribution in [3.05, 3.63) is 183 Å². The molecule has 0 heterocycles. The Morgan fingerprint density at radius 2 is 0.635 bits per heavy atom. The van der Waals surface area contributed by atoms with Gasteiger partial charge in [0.1, 0.15) is 0 Å². The summed E-state index contributed by atoms with van der Waals surface area (Å²) in [5.41, 5.74) is 20.5. The van der Waals surface area contributed by atoms with Crippen LogP contribution in [0.1, 0.15) is 61.1 Å². The smallest absolute Gasteiger partial charge is 0.0636 e. The van der Waals surface area contributed by atoms with Gasteiger partial charge in [-0.2, -0.15) is 0 Å². The van der Waals surface area contributed by atoms with Gasteiger partial charge in [-0.05, 0) is 139 Å². The van der Waals surface area contributed by atoms with Crippen LogP contribution in [0.5, 0.6) is 0 Å². The van der Waals surface area contributed by atoms with Crippen LogP contribution in [0.4, 0.5) is 0 Å². The van der Waals surface area contributed by atoms with Crippen LogP contribution in [0.3, 0.4) is 0 Å². The lowest BCUT2D eigenvalue weighted by Crippen LogP contribution is -2.73. The molecular formula is C51H52Si. The largest absolute Gasteiger partial charge is 0.179 e. The molecule has 0 aromatic heterocycles. The predicted molar refractivity (Wildman–Crippen MR) is 229 cm³/mol. The molecule has 7 rings (SSSR count). The second-order valence-electron chi connectivity index (χ2n) is 15.3. The van der Waals surface area contributed by atoms with E-state index >= 15 is 0 Å². The molecule has 52 heavy (non-hydrogen) atoms. The number of allylic oxidation sites excluding steroid dienone is 4. The monoisotopic (exact) mass is 692 g/mol. The molecule has 0 N–H and O–H groups in total. The maximum absolute atomic E-state index is 3.27. The molecular weight excluding hydrogens is 641 g/mol. The van der Waals surface area contributed by atoms with Crippen LogP contribution in [0.15, 0.2) is 149 Å². The molecule has 0 amide bonds. The lowest BCUT2D eigenvalue weighted by molar-refractivity contribution is 0.851. The summed E-state index contributed by atoms with van der Waals surface area (Å²) in [4.78, 5) is 0. The lowest BCUT2D eigenvalue weighted by Gasteiger charge is -2.45. The minimum Gasteiger partial charge on any atom is -0.0636 e. The minimum absolute atomic E-state index is 0.280. The van der Waals surface area contributed by atoms with Crippen molar-refractivity contribution in [2.45, 2.75) is 69.2 Å². The van der Waals surface area contributed by atoms with Crippen molar-refractivity contribution in [1.82, 2.24) is 0 Å². The highest BCUT2D eigenvalue weighted by Crippen LogP contribution is 2.46. The van der Waals surface area contributed by atoms with Crippen LogP contribution in [0.2, 0.25) is 0 Å². The van der Waals surface area contributed by atoms with E-state index in [0.29, 0.717) is 0 Å². The molecule has 0 bridgehead atoms. The zero-order chi connectivity index (χ0) is 36.9. The van der Waals surface area contributed by atoms with Gasteiger partial charge in [0.2, 0.25) is 0 Å².